The summed E-state index contributed by atoms with van der Waals surface area (Å²) in [6, 6.07) is 12.5. The smallest absolute Gasteiger partial charge is 0.228 e. The van der Waals surface area contributed by atoms with Crippen molar-refractivity contribution in [2.24, 2.45) is 18.9 Å². The molecule has 0 N–H and O–H groups in total. The Hall–Kier alpha value is -2.14. The Labute approximate surface area is 161 Å². The van der Waals surface area contributed by atoms with E-state index in [1.165, 1.54) is 18.4 Å². The van der Waals surface area contributed by atoms with Gasteiger partial charge in [-0.25, -0.2) is 0 Å². The number of piperidine rings is 1. The molecule has 144 valence electrons. The van der Waals surface area contributed by atoms with Gasteiger partial charge < -0.3 is 9.64 Å². The number of carbonyl (C=O) groups is 1. The van der Waals surface area contributed by atoms with E-state index in [-0.39, 0.29) is 12.0 Å². The van der Waals surface area contributed by atoms with Crippen molar-refractivity contribution in [1.29, 1.82) is 0 Å². The lowest BCUT2D eigenvalue weighted by Gasteiger charge is -2.38. The summed E-state index contributed by atoms with van der Waals surface area (Å²) in [6.45, 7) is 2.44. The highest BCUT2D eigenvalue weighted by molar-refractivity contribution is 5.78. The van der Waals surface area contributed by atoms with E-state index in [0.29, 0.717) is 12.3 Å². The molecule has 0 spiro atoms. The summed E-state index contributed by atoms with van der Waals surface area (Å²) >= 11 is 0. The second kappa shape index (κ2) is 8.26. The van der Waals surface area contributed by atoms with Crippen molar-refractivity contribution in [3.05, 3.63) is 53.9 Å². The third kappa shape index (κ3) is 4.98. The van der Waals surface area contributed by atoms with Gasteiger partial charge in [0, 0.05) is 38.9 Å². The fraction of sp³-hybridized carbons (Fsp3) is 0.545. The highest BCUT2D eigenvalue weighted by Crippen LogP contribution is 2.32. The van der Waals surface area contributed by atoms with E-state index in [0.717, 1.165) is 44.1 Å². The molecule has 2 atom stereocenters. The fourth-order valence-corrected chi connectivity index (χ4v) is 3.94. The lowest BCUT2D eigenvalue weighted by Crippen LogP contribution is -2.48. The Morgan fingerprint density at radius 2 is 2.00 bits per heavy atom. The zero-order chi connectivity index (χ0) is 18.6. The van der Waals surface area contributed by atoms with Crippen molar-refractivity contribution < 1.29 is 9.53 Å². The van der Waals surface area contributed by atoms with Gasteiger partial charge in [-0.15, -0.1) is 0 Å². The topological polar surface area (TPSA) is 47.4 Å². The van der Waals surface area contributed by atoms with Crippen LogP contribution in [0, 0.1) is 11.8 Å². The number of carbonyl (C=O) groups excluding carboxylic acids is 1. The highest BCUT2D eigenvalue weighted by atomic mass is 16.5. The van der Waals surface area contributed by atoms with Crippen molar-refractivity contribution in [3.8, 4) is 0 Å². The van der Waals surface area contributed by atoms with Crippen LogP contribution in [0.1, 0.15) is 30.5 Å². The molecule has 5 nitrogen and oxygen atoms in total. The summed E-state index contributed by atoms with van der Waals surface area (Å²) in [6.07, 6.45) is 7.03. The molecule has 27 heavy (non-hydrogen) atoms. The van der Waals surface area contributed by atoms with Crippen LogP contribution in [0.15, 0.2) is 42.6 Å². The summed E-state index contributed by atoms with van der Waals surface area (Å²) in [7, 11) is 1.88. The third-order valence-electron chi connectivity index (χ3n) is 5.70. The number of likely N-dealkylation sites (tertiary alicyclic amines) is 1. The van der Waals surface area contributed by atoms with Crippen LogP contribution < -0.4 is 0 Å². The quantitative estimate of drug-likeness (QED) is 0.756. The van der Waals surface area contributed by atoms with E-state index >= 15 is 0 Å². The van der Waals surface area contributed by atoms with Crippen LogP contribution in [0.2, 0.25) is 0 Å². The average Bonchev–Trinajstić information content (AvgIpc) is 3.42. The van der Waals surface area contributed by atoms with Gasteiger partial charge in [-0.2, -0.15) is 5.10 Å². The Bertz CT molecular complexity index is 754. The Morgan fingerprint density at radius 1 is 1.19 bits per heavy atom. The standard InChI is InChI=1S/C22H29N3O2/c1-24-11-9-20(23-24)14-22(26)25-12-10-21(27-16-18-7-8-18)19(15-25)13-17-5-3-2-4-6-17/h2-6,9,11,18-19,21H,7-8,10,12-16H2,1H3/t19-,21-/m1/s1. The zero-order valence-electron chi connectivity index (χ0n) is 16.1. The molecule has 1 saturated carbocycles. The maximum atomic E-state index is 12.8. The number of ether oxygens (including phenoxy) is 1. The molecular formula is C22H29N3O2. The molecule has 0 bridgehead atoms. The molecule has 0 unspecified atom stereocenters. The summed E-state index contributed by atoms with van der Waals surface area (Å²) in [5.74, 6) is 1.30. The predicted molar refractivity (Wildman–Crippen MR) is 104 cm³/mol. The molecule has 2 fully saturated rings. The summed E-state index contributed by atoms with van der Waals surface area (Å²) < 4.78 is 8.04. The van der Waals surface area contributed by atoms with Gasteiger partial charge in [0.05, 0.1) is 18.2 Å². The minimum atomic E-state index is 0.174. The fourth-order valence-electron chi connectivity index (χ4n) is 3.94. The molecule has 1 saturated heterocycles. The van der Waals surface area contributed by atoms with Crippen molar-refractivity contribution in [3.63, 3.8) is 0 Å². The van der Waals surface area contributed by atoms with E-state index in [1.54, 1.807) is 4.68 Å². The minimum Gasteiger partial charge on any atom is -0.377 e. The maximum absolute atomic E-state index is 12.8. The van der Waals surface area contributed by atoms with Gasteiger partial charge in [-0.3, -0.25) is 9.48 Å². The van der Waals surface area contributed by atoms with Crippen molar-refractivity contribution in [1.82, 2.24) is 14.7 Å². The Morgan fingerprint density at radius 3 is 2.70 bits per heavy atom. The van der Waals surface area contributed by atoms with Crippen LogP contribution in [0.5, 0.6) is 0 Å². The first-order valence-corrected chi connectivity index (χ1v) is 10.1. The predicted octanol–water partition coefficient (Wildman–Crippen LogP) is 2.85. The number of hydrogen-bond donors (Lipinski definition) is 0. The Kier molecular flexibility index (Phi) is 5.58. The number of nitrogens with zero attached hydrogens (tertiary/aromatic N) is 3. The summed E-state index contributed by atoms with van der Waals surface area (Å²) in [4.78, 5) is 14.8. The van der Waals surface area contributed by atoms with E-state index in [1.807, 2.05) is 30.3 Å². The normalized spacial score (nSPS) is 22.8. The molecule has 2 heterocycles. The Balaban J connectivity index is 1.40. The second-order valence-corrected chi connectivity index (χ2v) is 8.05. The van der Waals surface area contributed by atoms with Crippen LogP contribution in [-0.4, -0.2) is 46.4 Å². The molecule has 4 rings (SSSR count). The molecule has 1 aromatic heterocycles. The van der Waals surface area contributed by atoms with Gasteiger partial charge in [0.1, 0.15) is 0 Å². The maximum Gasteiger partial charge on any atom is 0.228 e. The van der Waals surface area contributed by atoms with Gasteiger partial charge in [0.25, 0.3) is 0 Å². The van der Waals surface area contributed by atoms with Crippen molar-refractivity contribution >= 4 is 5.91 Å². The molecule has 1 aromatic carbocycles. The molecule has 2 aliphatic rings. The number of aryl methyl sites for hydroxylation is 1. The van der Waals surface area contributed by atoms with Crippen LogP contribution in [0.3, 0.4) is 0 Å². The van der Waals surface area contributed by atoms with E-state index in [9.17, 15) is 4.79 Å². The van der Waals surface area contributed by atoms with Gasteiger partial charge in [-0.05, 0) is 43.2 Å². The third-order valence-corrected chi connectivity index (χ3v) is 5.70. The molecule has 0 radical (unpaired) electrons. The molecule has 1 aliphatic carbocycles. The zero-order valence-corrected chi connectivity index (χ0v) is 16.1. The van der Waals surface area contributed by atoms with Crippen molar-refractivity contribution in [2.45, 2.75) is 38.2 Å². The largest absolute Gasteiger partial charge is 0.377 e. The first kappa shape index (κ1) is 18.2. The van der Waals surface area contributed by atoms with E-state index < -0.39 is 0 Å². The average molecular weight is 367 g/mol. The first-order valence-electron chi connectivity index (χ1n) is 10.1. The van der Waals surface area contributed by atoms with Gasteiger partial charge in [0.15, 0.2) is 0 Å². The monoisotopic (exact) mass is 367 g/mol. The lowest BCUT2D eigenvalue weighted by molar-refractivity contribution is -0.135. The number of amides is 1. The minimum absolute atomic E-state index is 0.174. The molecule has 5 heteroatoms. The summed E-state index contributed by atoms with van der Waals surface area (Å²) in [5.41, 5.74) is 2.16. The summed E-state index contributed by atoms with van der Waals surface area (Å²) in [5, 5.41) is 4.35. The van der Waals surface area contributed by atoms with Crippen LogP contribution >= 0.6 is 0 Å². The molecule has 1 aliphatic heterocycles. The highest BCUT2D eigenvalue weighted by Gasteiger charge is 2.33. The number of aromatic nitrogens is 2. The van der Waals surface area contributed by atoms with Crippen LogP contribution in [-0.2, 0) is 29.4 Å². The van der Waals surface area contributed by atoms with Crippen molar-refractivity contribution in [2.75, 3.05) is 19.7 Å². The number of hydrogen-bond acceptors (Lipinski definition) is 3. The molecule has 2 aromatic rings. The number of rotatable bonds is 7. The van der Waals surface area contributed by atoms with Gasteiger partial charge in [0.2, 0.25) is 5.91 Å². The molecular weight excluding hydrogens is 338 g/mol. The lowest BCUT2D eigenvalue weighted by atomic mass is 9.88. The number of benzene rings is 1. The first-order chi connectivity index (χ1) is 13.2. The van der Waals surface area contributed by atoms with Gasteiger partial charge in [-0.1, -0.05) is 30.3 Å². The SMILES string of the molecule is Cn1ccc(CC(=O)N2CC[C@@H](OCC3CC3)[C@H](Cc3ccccc3)C2)n1. The van der Waals surface area contributed by atoms with Crippen LogP contribution in [0.25, 0.3) is 0 Å². The van der Waals surface area contributed by atoms with Crippen LogP contribution in [0.4, 0.5) is 0 Å². The second-order valence-electron chi connectivity index (χ2n) is 8.05. The van der Waals surface area contributed by atoms with Gasteiger partial charge >= 0.3 is 0 Å². The van der Waals surface area contributed by atoms with E-state index in [2.05, 4.69) is 29.4 Å². The molecule has 1 amide bonds. The van der Waals surface area contributed by atoms with E-state index in [4.69, 9.17) is 4.74 Å².